The maximum Gasteiger partial charge on any atom is 0.231 e. The molecule has 2 aromatic rings. The highest BCUT2D eigenvalue weighted by Crippen LogP contribution is 2.31. The average molecular weight is 313 g/mol. The molecule has 5 heteroatoms. The van der Waals surface area contributed by atoms with Crippen molar-refractivity contribution in [2.45, 2.75) is 12.8 Å². The van der Waals surface area contributed by atoms with E-state index in [0.717, 1.165) is 5.56 Å². The molecule has 0 saturated carbocycles. The number of hydrogen-bond donors (Lipinski definition) is 0. The Hall–Kier alpha value is -2.69. The quantitative estimate of drug-likeness (QED) is 0.875. The SMILES string of the molecule is COc1ccc2c(c1)N(C(=O)Cc1ccc(F)cc1)CCC2=O. The summed E-state index contributed by atoms with van der Waals surface area (Å²) in [6.45, 7) is 0.346. The zero-order valence-electron chi connectivity index (χ0n) is 12.7. The Morgan fingerprint density at radius 2 is 1.96 bits per heavy atom. The van der Waals surface area contributed by atoms with E-state index in [1.54, 1.807) is 35.2 Å². The molecule has 2 aromatic carbocycles. The van der Waals surface area contributed by atoms with Crippen molar-refractivity contribution in [1.29, 1.82) is 0 Å². The van der Waals surface area contributed by atoms with E-state index in [1.807, 2.05) is 0 Å². The molecule has 1 aliphatic rings. The van der Waals surface area contributed by atoms with Crippen molar-refractivity contribution in [3.05, 3.63) is 59.4 Å². The monoisotopic (exact) mass is 313 g/mol. The van der Waals surface area contributed by atoms with Crippen molar-refractivity contribution in [2.24, 2.45) is 0 Å². The Bertz CT molecular complexity index is 755. The molecule has 23 heavy (non-hydrogen) atoms. The van der Waals surface area contributed by atoms with Gasteiger partial charge < -0.3 is 9.64 Å². The van der Waals surface area contributed by atoms with Gasteiger partial charge in [-0.1, -0.05) is 12.1 Å². The second-order valence-corrected chi connectivity index (χ2v) is 5.40. The summed E-state index contributed by atoms with van der Waals surface area (Å²) in [6, 6.07) is 11.0. The first-order valence-corrected chi connectivity index (χ1v) is 7.34. The second kappa shape index (κ2) is 6.20. The first kappa shape index (κ1) is 15.2. The number of rotatable bonds is 3. The summed E-state index contributed by atoms with van der Waals surface area (Å²) in [7, 11) is 1.54. The lowest BCUT2D eigenvalue weighted by molar-refractivity contribution is -0.118. The zero-order valence-corrected chi connectivity index (χ0v) is 12.7. The lowest BCUT2D eigenvalue weighted by atomic mass is 9.99. The number of carbonyl (C=O) groups excluding carboxylic acids is 2. The molecule has 0 aromatic heterocycles. The van der Waals surface area contributed by atoms with E-state index >= 15 is 0 Å². The molecule has 0 atom stereocenters. The summed E-state index contributed by atoms with van der Waals surface area (Å²) in [4.78, 5) is 26.2. The van der Waals surface area contributed by atoms with Crippen LogP contribution in [0, 0.1) is 5.82 Å². The van der Waals surface area contributed by atoms with Crippen LogP contribution in [0.5, 0.6) is 5.75 Å². The number of amides is 1. The smallest absolute Gasteiger partial charge is 0.231 e. The van der Waals surface area contributed by atoms with E-state index in [0.29, 0.717) is 30.0 Å². The fourth-order valence-corrected chi connectivity index (χ4v) is 2.70. The van der Waals surface area contributed by atoms with Gasteiger partial charge in [-0.25, -0.2) is 4.39 Å². The molecule has 1 amide bonds. The summed E-state index contributed by atoms with van der Waals surface area (Å²) in [5.74, 6) is 0.157. The van der Waals surface area contributed by atoms with Gasteiger partial charge in [-0.15, -0.1) is 0 Å². The molecule has 0 bridgehead atoms. The molecule has 0 spiro atoms. The van der Waals surface area contributed by atoms with Crippen molar-refractivity contribution in [3.8, 4) is 5.75 Å². The van der Waals surface area contributed by atoms with Crippen LogP contribution in [0.2, 0.25) is 0 Å². The molecule has 0 radical (unpaired) electrons. The van der Waals surface area contributed by atoms with Crippen molar-refractivity contribution in [2.75, 3.05) is 18.6 Å². The first-order chi connectivity index (χ1) is 11.1. The molecular formula is C18H16FNO3. The number of ether oxygens (including phenoxy) is 1. The Kier molecular flexibility index (Phi) is 4.10. The van der Waals surface area contributed by atoms with E-state index in [2.05, 4.69) is 0 Å². The molecule has 4 nitrogen and oxygen atoms in total. The number of methoxy groups -OCH3 is 1. The standard InChI is InChI=1S/C18H16FNO3/c1-23-14-6-7-15-16(11-14)20(9-8-17(15)21)18(22)10-12-2-4-13(19)5-3-12/h2-7,11H,8-10H2,1H3. The number of benzene rings is 2. The number of anilines is 1. The molecule has 3 rings (SSSR count). The molecule has 1 aliphatic heterocycles. The van der Waals surface area contributed by atoms with Crippen LogP contribution >= 0.6 is 0 Å². The predicted molar refractivity (Wildman–Crippen MR) is 84.4 cm³/mol. The Balaban J connectivity index is 1.88. The number of fused-ring (bicyclic) bond motifs is 1. The molecule has 0 unspecified atom stereocenters. The summed E-state index contributed by atoms with van der Waals surface area (Å²) in [5, 5.41) is 0. The first-order valence-electron chi connectivity index (χ1n) is 7.34. The van der Waals surface area contributed by atoms with Crippen LogP contribution in [0.4, 0.5) is 10.1 Å². The third kappa shape index (κ3) is 3.08. The van der Waals surface area contributed by atoms with Crippen LogP contribution in [-0.4, -0.2) is 25.3 Å². The van der Waals surface area contributed by atoms with Gasteiger partial charge in [0, 0.05) is 24.6 Å². The average Bonchev–Trinajstić information content (AvgIpc) is 2.56. The number of halogens is 1. The minimum Gasteiger partial charge on any atom is -0.497 e. The summed E-state index contributed by atoms with van der Waals surface area (Å²) in [5.41, 5.74) is 1.84. The van der Waals surface area contributed by atoms with E-state index < -0.39 is 0 Å². The summed E-state index contributed by atoms with van der Waals surface area (Å²) < 4.78 is 18.1. The zero-order chi connectivity index (χ0) is 16.4. The van der Waals surface area contributed by atoms with Crippen LogP contribution in [0.25, 0.3) is 0 Å². The minimum absolute atomic E-state index is 0.0217. The largest absolute Gasteiger partial charge is 0.497 e. The molecule has 1 heterocycles. The highest BCUT2D eigenvalue weighted by Gasteiger charge is 2.27. The lowest BCUT2D eigenvalue weighted by Gasteiger charge is -2.29. The van der Waals surface area contributed by atoms with Gasteiger partial charge >= 0.3 is 0 Å². The molecule has 0 N–H and O–H groups in total. The summed E-state index contributed by atoms with van der Waals surface area (Å²) >= 11 is 0. The van der Waals surface area contributed by atoms with Crippen LogP contribution in [-0.2, 0) is 11.2 Å². The number of hydrogen-bond acceptors (Lipinski definition) is 3. The Morgan fingerprint density at radius 1 is 1.22 bits per heavy atom. The third-order valence-electron chi connectivity index (χ3n) is 3.93. The predicted octanol–water partition coefficient (Wildman–Crippen LogP) is 3.00. The highest BCUT2D eigenvalue weighted by molar-refractivity contribution is 6.09. The lowest BCUT2D eigenvalue weighted by Crippen LogP contribution is -2.38. The molecule has 0 saturated heterocycles. The van der Waals surface area contributed by atoms with E-state index in [1.165, 1.54) is 19.2 Å². The van der Waals surface area contributed by atoms with Crippen LogP contribution in [0.3, 0.4) is 0 Å². The molecular weight excluding hydrogens is 297 g/mol. The number of nitrogens with zero attached hydrogens (tertiary/aromatic N) is 1. The fraction of sp³-hybridized carbons (Fsp3) is 0.222. The van der Waals surface area contributed by atoms with Crippen LogP contribution in [0.15, 0.2) is 42.5 Å². The second-order valence-electron chi connectivity index (χ2n) is 5.40. The van der Waals surface area contributed by atoms with Crippen molar-refractivity contribution < 1.29 is 18.7 Å². The summed E-state index contributed by atoms with van der Waals surface area (Å²) in [6.07, 6.45) is 0.458. The molecule has 118 valence electrons. The van der Waals surface area contributed by atoms with Crippen LogP contribution in [0.1, 0.15) is 22.3 Å². The van der Waals surface area contributed by atoms with E-state index in [4.69, 9.17) is 4.74 Å². The topological polar surface area (TPSA) is 46.6 Å². The van der Waals surface area contributed by atoms with Crippen LogP contribution < -0.4 is 9.64 Å². The molecule has 0 aliphatic carbocycles. The van der Waals surface area contributed by atoms with Gasteiger partial charge in [0.2, 0.25) is 5.91 Å². The minimum atomic E-state index is -0.333. The number of Topliss-reactive ketones (excluding diaryl/α,β-unsaturated/α-hetero) is 1. The maximum absolute atomic E-state index is 13.0. The normalized spacial score (nSPS) is 13.7. The number of carbonyl (C=O) groups is 2. The highest BCUT2D eigenvalue weighted by atomic mass is 19.1. The number of ketones is 1. The maximum atomic E-state index is 13.0. The van der Waals surface area contributed by atoms with Crippen molar-refractivity contribution in [1.82, 2.24) is 0 Å². The van der Waals surface area contributed by atoms with E-state index in [9.17, 15) is 14.0 Å². The third-order valence-corrected chi connectivity index (χ3v) is 3.93. The van der Waals surface area contributed by atoms with Gasteiger partial charge in [0.05, 0.1) is 19.2 Å². The Morgan fingerprint density at radius 3 is 2.65 bits per heavy atom. The van der Waals surface area contributed by atoms with Gasteiger partial charge in [0.1, 0.15) is 11.6 Å². The van der Waals surface area contributed by atoms with Gasteiger partial charge in [0.25, 0.3) is 0 Å². The molecule has 0 fully saturated rings. The van der Waals surface area contributed by atoms with Crippen molar-refractivity contribution in [3.63, 3.8) is 0 Å². The van der Waals surface area contributed by atoms with E-state index in [-0.39, 0.29) is 23.9 Å². The van der Waals surface area contributed by atoms with Gasteiger partial charge in [-0.3, -0.25) is 9.59 Å². The van der Waals surface area contributed by atoms with Gasteiger partial charge in [0.15, 0.2) is 5.78 Å². The Labute approximate surface area is 133 Å². The van der Waals surface area contributed by atoms with Gasteiger partial charge in [-0.05, 0) is 29.8 Å². The van der Waals surface area contributed by atoms with Crippen molar-refractivity contribution >= 4 is 17.4 Å². The van der Waals surface area contributed by atoms with Gasteiger partial charge in [-0.2, -0.15) is 0 Å². The fourth-order valence-electron chi connectivity index (χ4n) is 2.70.